The van der Waals surface area contributed by atoms with E-state index in [1.807, 2.05) is 30.3 Å². The Balaban J connectivity index is 1.72. The Bertz CT molecular complexity index is 1340. The molecule has 0 saturated heterocycles. The highest BCUT2D eigenvalue weighted by molar-refractivity contribution is 5.50. The molecule has 4 nitrogen and oxygen atoms in total. The highest BCUT2D eigenvalue weighted by Gasteiger charge is 2.30. The van der Waals surface area contributed by atoms with E-state index in [0.717, 1.165) is 17.7 Å². The molecule has 0 saturated carbocycles. The first-order valence-corrected chi connectivity index (χ1v) is 9.95. The van der Waals surface area contributed by atoms with Crippen molar-refractivity contribution in [2.75, 3.05) is 0 Å². The second kappa shape index (κ2) is 8.70. The van der Waals surface area contributed by atoms with E-state index in [0.29, 0.717) is 11.2 Å². The number of hydrogen-bond acceptors (Lipinski definition) is 2. The van der Waals surface area contributed by atoms with Gasteiger partial charge in [-0.05, 0) is 35.4 Å². The van der Waals surface area contributed by atoms with E-state index in [1.165, 1.54) is 21.1 Å². The van der Waals surface area contributed by atoms with Crippen molar-refractivity contribution in [3.05, 3.63) is 118 Å². The zero-order valence-electron chi connectivity index (χ0n) is 16.9. The van der Waals surface area contributed by atoms with Crippen LogP contribution in [0.15, 0.2) is 89.9 Å². The molecule has 32 heavy (non-hydrogen) atoms. The summed E-state index contributed by atoms with van der Waals surface area (Å²) in [6.45, 7) is 0.102. The van der Waals surface area contributed by atoms with Crippen LogP contribution in [-0.2, 0) is 19.1 Å². The number of benzene rings is 2. The molecule has 0 N–H and O–H groups in total. The highest BCUT2D eigenvalue weighted by atomic mass is 19.4. The minimum atomic E-state index is -4.43. The molecule has 0 radical (unpaired) electrons. The number of alkyl halides is 3. The lowest BCUT2D eigenvalue weighted by molar-refractivity contribution is -0.708. The molecule has 0 aliphatic carbocycles. The summed E-state index contributed by atoms with van der Waals surface area (Å²) in [4.78, 5) is 13.0. The van der Waals surface area contributed by atoms with E-state index >= 15 is 0 Å². The summed E-state index contributed by atoms with van der Waals surface area (Å²) in [6, 6.07) is 19.3. The molecule has 0 unspecified atom stereocenters. The number of hydrogen-bond donors (Lipinski definition) is 0. The van der Waals surface area contributed by atoms with Crippen molar-refractivity contribution in [1.82, 2.24) is 4.40 Å². The number of halogens is 3. The summed E-state index contributed by atoms with van der Waals surface area (Å²) >= 11 is 0. The summed E-state index contributed by atoms with van der Waals surface area (Å²) in [5, 5.41) is 13.2. The fraction of sp³-hybridized carbons (Fsp3) is 0.120. The van der Waals surface area contributed by atoms with Gasteiger partial charge in [0, 0.05) is 12.5 Å². The van der Waals surface area contributed by atoms with Gasteiger partial charge in [-0.1, -0.05) is 54.6 Å². The Morgan fingerprint density at radius 3 is 2.47 bits per heavy atom. The lowest BCUT2D eigenvalue weighted by Crippen LogP contribution is -2.44. The van der Waals surface area contributed by atoms with E-state index in [9.17, 15) is 23.1 Å². The van der Waals surface area contributed by atoms with Crippen LogP contribution in [-0.4, -0.2) is 4.40 Å². The Morgan fingerprint density at radius 1 is 0.969 bits per heavy atom. The van der Waals surface area contributed by atoms with E-state index < -0.39 is 17.6 Å². The molecule has 0 fully saturated rings. The van der Waals surface area contributed by atoms with Crippen LogP contribution < -0.4 is 15.2 Å². The zero-order valence-corrected chi connectivity index (χ0v) is 16.9. The number of aromatic nitrogens is 2. The maximum absolute atomic E-state index is 13.2. The van der Waals surface area contributed by atoms with Crippen molar-refractivity contribution < 1.29 is 22.8 Å². The number of rotatable bonds is 5. The maximum Gasteiger partial charge on any atom is 0.416 e. The van der Waals surface area contributed by atoms with Gasteiger partial charge in [-0.25, -0.2) is 9.36 Å². The summed E-state index contributed by atoms with van der Waals surface area (Å²) in [5.74, 6) is -0.418. The van der Waals surface area contributed by atoms with Gasteiger partial charge in [0.1, 0.15) is 6.54 Å². The minimum Gasteiger partial charge on any atom is -0.842 e. The number of nitrogens with zero attached hydrogens (tertiary/aromatic N) is 2. The smallest absolute Gasteiger partial charge is 0.416 e. The molecule has 7 heteroatoms. The third-order valence-electron chi connectivity index (χ3n) is 5.13. The van der Waals surface area contributed by atoms with Crippen molar-refractivity contribution in [1.29, 1.82) is 0 Å². The van der Waals surface area contributed by atoms with Crippen molar-refractivity contribution in [2.24, 2.45) is 0 Å². The molecule has 2 aromatic heterocycles. The molecule has 4 rings (SSSR count). The standard InChI is InChI=1S/C25H19F3N2O2/c26-25(27,28)20-12-6-10-18(16-20)11-7-15-30-22-13-4-5-14-29(22)23(31)21(24(30)32)17-19-8-2-1-3-9-19/h1-14,16H,15,17H2/b11-7+. The lowest BCUT2D eigenvalue weighted by Gasteiger charge is -2.16. The van der Waals surface area contributed by atoms with Crippen molar-refractivity contribution in [3.8, 4) is 5.88 Å². The molecule has 0 amide bonds. The quantitative estimate of drug-likeness (QED) is 0.445. The van der Waals surface area contributed by atoms with Crippen molar-refractivity contribution >= 4 is 11.7 Å². The molecule has 2 aromatic carbocycles. The first-order chi connectivity index (χ1) is 15.3. The second-order valence-corrected chi connectivity index (χ2v) is 7.32. The third-order valence-corrected chi connectivity index (χ3v) is 5.13. The predicted molar refractivity (Wildman–Crippen MR) is 113 cm³/mol. The first kappa shape index (κ1) is 21.4. The first-order valence-electron chi connectivity index (χ1n) is 9.95. The van der Waals surface area contributed by atoms with Gasteiger partial charge in [0.25, 0.3) is 5.65 Å². The normalized spacial score (nSPS) is 12.0. The van der Waals surface area contributed by atoms with Crippen LogP contribution in [0.1, 0.15) is 22.3 Å². The van der Waals surface area contributed by atoms with Gasteiger partial charge in [-0.15, -0.1) is 0 Å². The van der Waals surface area contributed by atoms with Gasteiger partial charge >= 0.3 is 11.7 Å². The molecule has 162 valence electrons. The topological polar surface area (TPSA) is 48.4 Å². The Kier molecular flexibility index (Phi) is 5.81. The van der Waals surface area contributed by atoms with E-state index in [2.05, 4.69) is 0 Å². The fourth-order valence-corrected chi connectivity index (χ4v) is 3.57. The molecule has 0 bridgehead atoms. The van der Waals surface area contributed by atoms with Gasteiger partial charge in [-0.3, -0.25) is 0 Å². The number of fused-ring (bicyclic) bond motifs is 1. The fourth-order valence-electron chi connectivity index (χ4n) is 3.57. The molecule has 4 aromatic rings. The van der Waals surface area contributed by atoms with E-state index in [-0.39, 0.29) is 24.1 Å². The SMILES string of the molecule is O=c1c(Cc2ccccc2)c([O-])[n+](C/C=C/c2cccc(C(F)(F)F)c2)c2ccccn12. The third kappa shape index (κ3) is 4.42. The van der Waals surface area contributed by atoms with Gasteiger partial charge in [0.15, 0.2) is 0 Å². The lowest BCUT2D eigenvalue weighted by atomic mass is 10.1. The maximum atomic E-state index is 13.2. The van der Waals surface area contributed by atoms with Crippen molar-refractivity contribution in [2.45, 2.75) is 19.1 Å². The van der Waals surface area contributed by atoms with E-state index in [1.54, 1.807) is 36.5 Å². The molecule has 0 aliphatic heterocycles. The van der Waals surface area contributed by atoms with E-state index in [4.69, 9.17) is 0 Å². The molecule has 0 spiro atoms. The van der Waals surface area contributed by atoms with Gasteiger partial charge < -0.3 is 5.11 Å². The summed E-state index contributed by atoms with van der Waals surface area (Å²) in [7, 11) is 0. The molecule has 2 heterocycles. The van der Waals surface area contributed by atoms with Crippen LogP contribution in [0, 0.1) is 0 Å². The summed E-state index contributed by atoms with van der Waals surface area (Å²) in [5.41, 5.74) is 0.630. The van der Waals surface area contributed by atoms with Crippen LogP contribution in [0.25, 0.3) is 11.7 Å². The van der Waals surface area contributed by atoms with Crippen LogP contribution >= 0.6 is 0 Å². The second-order valence-electron chi connectivity index (χ2n) is 7.32. The van der Waals surface area contributed by atoms with Crippen LogP contribution in [0.3, 0.4) is 0 Å². The average Bonchev–Trinajstić information content (AvgIpc) is 2.79. The molecular weight excluding hydrogens is 417 g/mol. The van der Waals surface area contributed by atoms with Crippen LogP contribution in [0.2, 0.25) is 0 Å². The predicted octanol–water partition coefficient (Wildman–Crippen LogP) is 3.98. The highest BCUT2D eigenvalue weighted by Crippen LogP contribution is 2.29. The zero-order chi connectivity index (χ0) is 22.7. The molecular formula is C25H19F3N2O2. The Morgan fingerprint density at radius 2 is 1.72 bits per heavy atom. The molecule has 0 aliphatic rings. The summed E-state index contributed by atoms with van der Waals surface area (Å²) in [6.07, 6.45) is 0.500. The Hall–Kier alpha value is -3.87. The van der Waals surface area contributed by atoms with Gasteiger partial charge in [0.05, 0.1) is 23.2 Å². The minimum absolute atomic E-state index is 0.102. The Labute approximate surface area is 182 Å². The molecule has 0 atom stereocenters. The summed E-state index contributed by atoms with van der Waals surface area (Å²) < 4.78 is 41.7. The largest absolute Gasteiger partial charge is 0.842 e. The van der Waals surface area contributed by atoms with Gasteiger partial charge in [0.2, 0.25) is 0 Å². The van der Waals surface area contributed by atoms with Gasteiger partial charge in [-0.2, -0.15) is 17.6 Å². The van der Waals surface area contributed by atoms with Crippen LogP contribution in [0.5, 0.6) is 5.88 Å². The number of allylic oxidation sites excluding steroid dienone is 1. The van der Waals surface area contributed by atoms with Crippen LogP contribution in [0.4, 0.5) is 13.2 Å². The average molecular weight is 436 g/mol. The van der Waals surface area contributed by atoms with Crippen molar-refractivity contribution in [3.63, 3.8) is 0 Å². The monoisotopic (exact) mass is 436 g/mol. The number of pyridine rings is 1.